The van der Waals surface area contributed by atoms with Crippen LogP contribution in [-0.2, 0) is 9.59 Å². The van der Waals surface area contributed by atoms with Crippen molar-refractivity contribution in [3.05, 3.63) is 48.5 Å². The van der Waals surface area contributed by atoms with E-state index in [-0.39, 0.29) is 5.75 Å². The first kappa shape index (κ1) is 35.0. The van der Waals surface area contributed by atoms with Crippen molar-refractivity contribution in [3.63, 3.8) is 0 Å². The van der Waals surface area contributed by atoms with Gasteiger partial charge in [0.1, 0.15) is 23.0 Å². The number of aromatic hydroxyl groups is 1. The molecule has 0 radical (unpaired) electrons. The van der Waals surface area contributed by atoms with Crippen LogP contribution < -0.4 is 15.2 Å². The third-order valence-electron chi connectivity index (χ3n) is 7.52. The van der Waals surface area contributed by atoms with E-state index in [9.17, 15) is 14.7 Å². The fourth-order valence-corrected chi connectivity index (χ4v) is 4.99. The normalized spacial score (nSPS) is 10.9. The van der Waals surface area contributed by atoms with Gasteiger partial charge in [-0.3, -0.25) is 9.59 Å². The molecule has 0 fully saturated rings. The maximum Gasteiger partial charge on any atom is 0.311 e. The number of nitrogens with two attached hydrogens (primary N) is 1. The van der Waals surface area contributed by atoms with Crippen molar-refractivity contribution in [3.8, 4) is 23.0 Å². The first-order chi connectivity index (χ1) is 20.5. The molecular formula is C35H54N2O5. The van der Waals surface area contributed by atoms with E-state index in [2.05, 4.69) is 6.92 Å². The van der Waals surface area contributed by atoms with Gasteiger partial charge in [0.15, 0.2) is 0 Å². The molecule has 0 saturated carbocycles. The summed E-state index contributed by atoms with van der Waals surface area (Å²) in [6.45, 7) is 4.21. The van der Waals surface area contributed by atoms with E-state index in [4.69, 9.17) is 15.2 Å². The number of amides is 2. The molecule has 0 heterocycles. The van der Waals surface area contributed by atoms with Gasteiger partial charge in [-0.05, 0) is 67.8 Å². The second kappa shape index (κ2) is 22.4. The molecule has 2 aromatic rings. The molecule has 2 aromatic carbocycles. The van der Waals surface area contributed by atoms with Gasteiger partial charge in [0.05, 0.1) is 6.61 Å². The molecule has 0 aliphatic carbocycles. The Morgan fingerprint density at radius 2 is 1.02 bits per heavy atom. The maximum absolute atomic E-state index is 12.2. The number of primary amides is 1. The fourth-order valence-electron chi connectivity index (χ4n) is 4.99. The number of phenolic OH excluding ortho intramolecular Hbond substituents is 1. The fraction of sp³-hybridized carbons (Fsp3) is 0.600. The molecule has 3 N–H and O–H groups in total. The predicted molar refractivity (Wildman–Crippen MR) is 170 cm³/mol. The second-order valence-corrected chi connectivity index (χ2v) is 11.2. The van der Waals surface area contributed by atoms with Crippen LogP contribution >= 0.6 is 0 Å². The van der Waals surface area contributed by atoms with Gasteiger partial charge < -0.3 is 25.2 Å². The van der Waals surface area contributed by atoms with Crippen LogP contribution in [0, 0.1) is 0 Å². The van der Waals surface area contributed by atoms with Crippen LogP contribution in [0.15, 0.2) is 48.5 Å². The van der Waals surface area contributed by atoms with E-state index in [0.717, 1.165) is 56.4 Å². The van der Waals surface area contributed by atoms with Gasteiger partial charge in [0.25, 0.3) is 0 Å². The van der Waals surface area contributed by atoms with Crippen molar-refractivity contribution in [2.24, 2.45) is 5.73 Å². The molecule has 2 amide bonds. The zero-order valence-corrected chi connectivity index (χ0v) is 25.9. The first-order valence-corrected chi connectivity index (χ1v) is 16.3. The highest BCUT2D eigenvalue weighted by molar-refractivity contribution is 6.34. The highest BCUT2D eigenvalue weighted by atomic mass is 16.5. The summed E-state index contributed by atoms with van der Waals surface area (Å²) >= 11 is 0. The standard InChI is InChI=1S/C35H54N2O5/c1-2-3-4-5-6-10-13-16-27-37(35(40)34(36)39)28-17-14-11-8-7-9-12-15-18-29-41-31-23-25-33(26-24-31)42-32-21-19-30(38)20-22-32/h19-26,38H,2-18,27-29H2,1H3,(H2,36,39). The first-order valence-electron chi connectivity index (χ1n) is 16.3. The molecule has 0 spiro atoms. The summed E-state index contributed by atoms with van der Waals surface area (Å²) in [5.41, 5.74) is 5.28. The van der Waals surface area contributed by atoms with E-state index < -0.39 is 11.8 Å². The third kappa shape index (κ3) is 16.3. The lowest BCUT2D eigenvalue weighted by Crippen LogP contribution is -2.41. The van der Waals surface area contributed by atoms with Crippen molar-refractivity contribution in [1.29, 1.82) is 0 Å². The molecule has 0 saturated heterocycles. The summed E-state index contributed by atoms with van der Waals surface area (Å²) < 4.78 is 11.6. The maximum atomic E-state index is 12.2. The van der Waals surface area contributed by atoms with Crippen LogP contribution in [0.1, 0.15) is 116 Å². The highest BCUT2D eigenvalue weighted by Gasteiger charge is 2.18. The van der Waals surface area contributed by atoms with Gasteiger partial charge in [-0.15, -0.1) is 0 Å². The van der Waals surface area contributed by atoms with Crippen molar-refractivity contribution in [2.45, 2.75) is 116 Å². The number of rotatable bonds is 24. The minimum absolute atomic E-state index is 0.215. The number of hydrogen-bond acceptors (Lipinski definition) is 5. The highest BCUT2D eigenvalue weighted by Crippen LogP contribution is 2.25. The molecule has 0 atom stereocenters. The van der Waals surface area contributed by atoms with Crippen LogP contribution in [0.5, 0.6) is 23.0 Å². The van der Waals surface area contributed by atoms with Crippen molar-refractivity contribution in [1.82, 2.24) is 4.90 Å². The number of hydrogen-bond donors (Lipinski definition) is 2. The molecule has 2 rings (SSSR count). The molecule has 0 aliphatic heterocycles. The number of unbranched alkanes of at least 4 members (excludes halogenated alkanes) is 15. The Hall–Kier alpha value is -3.22. The van der Waals surface area contributed by atoms with Gasteiger partial charge in [0.2, 0.25) is 0 Å². The van der Waals surface area contributed by atoms with Crippen molar-refractivity contribution < 1.29 is 24.2 Å². The van der Waals surface area contributed by atoms with Crippen LogP contribution in [-0.4, -0.2) is 41.5 Å². The minimum Gasteiger partial charge on any atom is -0.508 e. The van der Waals surface area contributed by atoms with E-state index in [1.807, 2.05) is 24.3 Å². The van der Waals surface area contributed by atoms with E-state index in [1.54, 1.807) is 29.2 Å². The van der Waals surface area contributed by atoms with Crippen LogP contribution in [0.2, 0.25) is 0 Å². The Morgan fingerprint density at radius 3 is 1.50 bits per heavy atom. The molecule has 0 aliphatic rings. The summed E-state index contributed by atoms with van der Waals surface area (Å²) in [6, 6.07) is 14.2. The Labute approximate surface area is 253 Å². The van der Waals surface area contributed by atoms with Gasteiger partial charge in [-0.1, -0.05) is 96.8 Å². The van der Waals surface area contributed by atoms with E-state index in [1.165, 1.54) is 64.2 Å². The largest absolute Gasteiger partial charge is 0.508 e. The monoisotopic (exact) mass is 582 g/mol. The number of carbonyl (C=O) groups is 2. The van der Waals surface area contributed by atoms with Crippen LogP contribution in [0.25, 0.3) is 0 Å². The van der Waals surface area contributed by atoms with Crippen LogP contribution in [0.4, 0.5) is 0 Å². The Balaban J connectivity index is 1.44. The summed E-state index contributed by atoms with van der Waals surface area (Å²) in [6.07, 6.45) is 19.9. The lowest BCUT2D eigenvalue weighted by Gasteiger charge is -2.21. The minimum atomic E-state index is -0.838. The lowest BCUT2D eigenvalue weighted by atomic mass is 10.1. The van der Waals surface area contributed by atoms with E-state index >= 15 is 0 Å². The summed E-state index contributed by atoms with van der Waals surface area (Å²) in [4.78, 5) is 25.3. The third-order valence-corrected chi connectivity index (χ3v) is 7.52. The van der Waals surface area contributed by atoms with Crippen molar-refractivity contribution in [2.75, 3.05) is 19.7 Å². The summed E-state index contributed by atoms with van der Waals surface area (Å²) in [7, 11) is 0. The Kier molecular flexibility index (Phi) is 18.6. The predicted octanol–water partition coefficient (Wildman–Crippen LogP) is 8.53. The van der Waals surface area contributed by atoms with Crippen LogP contribution in [0.3, 0.4) is 0 Å². The Morgan fingerprint density at radius 1 is 0.619 bits per heavy atom. The zero-order valence-electron chi connectivity index (χ0n) is 25.9. The molecule has 7 nitrogen and oxygen atoms in total. The topological polar surface area (TPSA) is 102 Å². The SMILES string of the molecule is CCCCCCCCCCN(CCCCCCCCCCCOc1ccc(Oc2ccc(O)cc2)cc1)C(=O)C(N)=O. The molecule has 0 unspecified atom stereocenters. The molecule has 234 valence electrons. The average Bonchev–Trinajstić information content (AvgIpc) is 2.99. The average molecular weight is 583 g/mol. The number of carbonyl (C=O) groups excluding carboxylic acids is 2. The molecule has 0 aromatic heterocycles. The number of ether oxygens (including phenoxy) is 2. The van der Waals surface area contributed by atoms with Gasteiger partial charge >= 0.3 is 11.8 Å². The smallest absolute Gasteiger partial charge is 0.311 e. The van der Waals surface area contributed by atoms with Gasteiger partial charge in [-0.2, -0.15) is 0 Å². The summed E-state index contributed by atoms with van der Waals surface area (Å²) in [5.74, 6) is 1.08. The molecule has 7 heteroatoms. The molecule has 0 bridgehead atoms. The van der Waals surface area contributed by atoms with Gasteiger partial charge in [-0.25, -0.2) is 0 Å². The van der Waals surface area contributed by atoms with Gasteiger partial charge in [0, 0.05) is 13.1 Å². The number of benzene rings is 2. The molecule has 42 heavy (non-hydrogen) atoms. The quantitative estimate of drug-likeness (QED) is 0.0954. The zero-order chi connectivity index (χ0) is 30.3. The summed E-state index contributed by atoms with van der Waals surface area (Å²) in [5, 5.41) is 9.36. The number of nitrogens with zero attached hydrogens (tertiary/aromatic N) is 1. The van der Waals surface area contributed by atoms with Crippen molar-refractivity contribution >= 4 is 11.8 Å². The van der Waals surface area contributed by atoms with E-state index in [0.29, 0.717) is 25.4 Å². The number of phenols is 1. The molecular weight excluding hydrogens is 528 g/mol. The Bertz CT molecular complexity index is 978. The second-order valence-electron chi connectivity index (χ2n) is 11.2. The lowest BCUT2D eigenvalue weighted by molar-refractivity contribution is -0.144.